The number of hydrogen-bond donors (Lipinski definition) is 2. The van der Waals surface area contributed by atoms with Crippen LogP contribution < -0.4 is 10.5 Å². The van der Waals surface area contributed by atoms with Gasteiger partial charge in [0.05, 0.1) is 16.9 Å². The van der Waals surface area contributed by atoms with Crippen LogP contribution in [0.4, 0.5) is 17.6 Å². The van der Waals surface area contributed by atoms with Crippen LogP contribution in [0.2, 0.25) is 0 Å². The Kier molecular flexibility index (Phi) is 6.65. The van der Waals surface area contributed by atoms with Gasteiger partial charge in [-0.15, -0.1) is 0 Å². The number of nitrogens with two attached hydrogens (primary N) is 1. The van der Waals surface area contributed by atoms with Crippen LogP contribution in [0.25, 0.3) is 11.1 Å². The van der Waals surface area contributed by atoms with Gasteiger partial charge in [0.25, 0.3) is 5.91 Å². The molecule has 3 aromatic rings. The van der Waals surface area contributed by atoms with Crippen molar-refractivity contribution >= 4 is 15.9 Å². The average molecular weight is 466 g/mol. The monoisotopic (exact) mass is 466 g/mol. The van der Waals surface area contributed by atoms with Crippen LogP contribution in [0.3, 0.4) is 0 Å². The number of halogens is 4. The van der Waals surface area contributed by atoms with Crippen LogP contribution in [0, 0.1) is 5.82 Å². The minimum Gasteiger partial charge on any atom is -0.348 e. The Morgan fingerprint density at radius 3 is 2.31 bits per heavy atom. The maximum Gasteiger partial charge on any atom is 0.416 e. The lowest BCUT2D eigenvalue weighted by molar-refractivity contribution is -0.137. The van der Waals surface area contributed by atoms with Crippen LogP contribution in [-0.2, 0) is 28.5 Å². The first kappa shape index (κ1) is 23.4. The molecule has 0 bridgehead atoms. The summed E-state index contributed by atoms with van der Waals surface area (Å²) >= 11 is 0. The van der Waals surface area contributed by atoms with Crippen LogP contribution in [0.15, 0.2) is 66.7 Å². The molecule has 0 heterocycles. The molecule has 0 atom stereocenters. The molecule has 0 saturated carbocycles. The van der Waals surface area contributed by atoms with Gasteiger partial charge in [-0.3, -0.25) is 4.79 Å². The molecule has 0 fully saturated rings. The second-order valence-electron chi connectivity index (χ2n) is 7.08. The summed E-state index contributed by atoms with van der Waals surface area (Å²) in [7, 11) is -3.73. The minimum atomic E-state index is -4.57. The molecule has 3 N–H and O–H groups in total. The average Bonchev–Trinajstić information content (AvgIpc) is 2.70. The van der Waals surface area contributed by atoms with Crippen LogP contribution in [0.1, 0.15) is 27.0 Å². The van der Waals surface area contributed by atoms with Crippen LogP contribution in [0.5, 0.6) is 0 Å². The van der Waals surface area contributed by atoms with Gasteiger partial charge in [0.15, 0.2) is 0 Å². The van der Waals surface area contributed by atoms with E-state index >= 15 is 0 Å². The molecule has 0 aliphatic heterocycles. The predicted octanol–water partition coefficient (Wildman–Crippen LogP) is 4.23. The third-order valence-electron chi connectivity index (χ3n) is 4.54. The molecule has 0 saturated heterocycles. The fourth-order valence-electron chi connectivity index (χ4n) is 3.16. The first-order valence-corrected chi connectivity index (χ1v) is 11.0. The number of carbonyl (C=O) groups excluding carboxylic acids is 1. The summed E-state index contributed by atoms with van der Waals surface area (Å²) in [4.78, 5) is 12.7. The van der Waals surface area contributed by atoms with Gasteiger partial charge in [-0.2, -0.15) is 13.2 Å². The normalized spacial score (nSPS) is 11.9. The first-order valence-electron chi connectivity index (χ1n) is 9.26. The summed E-state index contributed by atoms with van der Waals surface area (Å²) in [5.74, 6) is -1.80. The zero-order valence-electron chi connectivity index (χ0n) is 16.5. The van der Waals surface area contributed by atoms with E-state index in [1.54, 1.807) is 24.3 Å². The number of benzene rings is 3. The van der Waals surface area contributed by atoms with E-state index in [-0.39, 0.29) is 29.0 Å². The van der Waals surface area contributed by atoms with Crippen molar-refractivity contribution in [1.82, 2.24) is 5.32 Å². The smallest absolute Gasteiger partial charge is 0.348 e. The van der Waals surface area contributed by atoms with Crippen molar-refractivity contribution in [2.45, 2.75) is 18.5 Å². The third-order valence-corrected chi connectivity index (χ3v) is 5.28. The fraction of sp³-hybridized carbons (Fsp3) is 0.136. The first-order chi connectivity index (χ1) is 14.9. The van der Waals surface area contributed by atoms with Gasteiger partial charge in [0.2, 0.25) is 10.0 Å². The summed E-state index contributed by atoms with van der Waals surface area (Å²) < 4.78 is 75.5. The molecular weight excluding hydrogens is 448 g/mol. The van der Waals surface area contributed by atoms with E-state index in [0.29, 0.717) is 11.1 Å². The minimum absolute atomic E-state index is 0.0180. The highest BCUT2D eigenvalue weighted by molar-refractivity contribution is 7.88. The molecule has 0 aliphatic carbocycles. The number of alkyl halides is 3. The number of rotatable bonds is 6. The largest absolute Gasteiger partial charge is 0.416 e. The lowest BCUT2D eigenvalue weighted by Gasteiger charge is -2.13. The summed E-state index contributed by atoms with van der Waals surface area (Å²) in [5, 5.41) is 7.61. The quantitative estimate of drug-likeness (QED) is 0.533. The summed E-state index contributed by atoms with van der Waals surface area (Å²) in [6.45, 7) is -0.0180. The van der Waals surface area contributed by atoms with Crippen molar-refractivity contribution < 1.29 is 30.8 Å². The Hall–Kier alpha value is -3.24. The van der Waals surface area contributed by atoms with Crippen molar-refractivity contribution in [2.24, 2.45) is 5.14 Å². The molecular formula is C22H18F4N2O3S. The number of sulfonamides is 1. The van der Waals surface area contributed by atoms with Crippen LogP contribution >= 0.6 is 0 Å². The van der Waals surface area contributed by atoms with Gasteiger partial charge in [-0.25, -0.2) is 17.9 Å². The molecule has 3 aromatic carbocycles. The van der Waals surface area contributed by atoms with Gasteiger partial charge in [-0.05, 0) is 46.5 Å². The highest BCUT2D eigenvalue weighted by atomic mass is 32.2. The van der Waals surface area contributed by atoms with E-state index < -0.39 is 33.5 Å². The maximum atomic E-state index is 13.8. The molecule has 32 heavy (non-hydrogen) atoms. The highest BCUT2D eigenvalue weighted by Crippen LogP contribution is 2.33. The van der Waals surface area contributed by atoms with Gasteiger partial charge in [0, 0.05) is 6.54 Å². The molecule has 5 nitrogen and oxygen atoms in total. The van der Waals surface area contributed by atoms with Crippen molar-refractivity contribution in [3.63, 3.8) is 0 Å². The number of amides is 1. The molecule has 10 heteroatoms. The number of primary sulfonamides is 1. The van der Waals surface area contributed by atoms with Crippen molar-refractivity contribution in [2.75, 3.05) is 0 Å². The maximum absolute atomic E-state index is 13.8. The lowest BCUT2D eigenvalue weighted by Crippen LogP contribution is -2.24. The molecule has 0 spiro atoms. The summed E-state index contributed by atoms with van der Waals surface area (Å²) in [6.07, 6.45) is -4.57. The Labute approximate surface area is 181 Å². The number of hydrogen-bond acceptors (Lipinski definition) is 3. The molecule has 0 radical (unpaired) electrons. The third kappa shape index (κ3) is 6.14. The Morgan fingerprint density at radius 2 is 1.62 bits per heavy atom. The lowest BCUT2D eigenvalue weighted by atomic mass is 9.97. The fourth-order valence-corrected chi connectivity index (χ4v) is 3.80. The van der Waals surface area contributed by atoms with E-state index in [1.165, 1.54) is 18.2 Å². The molecule has 0 aromatic heterocycles. The topological polar surface area (TPSA) is 89.3 Å². The highest BCUT2D eigenvalue weighted by Gasteiger charge is 2.30. The SMILES string of the molecule is NS(=O)(=O)Cc1cccc(CNC(=O)c2cc(F)ccc2-c2cccc(C(F)(F)F)c2)c1. The van der Waals surface area contributed by atoms with Crippen molar-refractivity contribution in [3.8, 4) is 11.1 Å². The zero-order chi connectivity index (χ0) is 23.5. The van der Waals surface area contributed by atoms with Crippen LogP contribution in [-0.4, -0.2) is 14.3 Å². The Morgan fingerprint density at radius 1 is 0.938 bits per heavy atom. The molecule has 1 amide bonds. The number of nitrogens with one attached hydrogen (secondary N) is 1. The van der Waals surface area contributed by atoms with Gasteiger partial charge < -0.3 is 5.32 Å². The Bertz CT molecular complexity index is 1260. The Balaban J connectivity index is 1.86. The summed E-state index contributed by atoms with van der Waals surface area (Å²) in [5.41, 5.74) is 0.214. The molecule has 168 valence electrons. The van der Waals surface area contributed by atoms with Gasteiger partial charge in [0.1, 0.15) is 5.82 Å². The summed E-state index contributed by atoms with van der Waals surface area (Å²) in [6, 6.07) is 14.0. The van der Waals surface area contributed by atoms with Gasteiger partial charge >= 0.3 is 6.18 Å². The number of carbonyl (C=O) groups is 1. The van der Waals surface area contributed by atoms with E-state index in [9.17, 15) is 30.8 Å². The second kappa shape index (κ2) is 9.09. The van der Waals surface area contributed by atoms with E-state index in [0.717, 1.165) is 24.3 Å². The van der Waals surface area contributed by atoms with Gasteiger partial charge in [-0.1, -0.05) is 42.5 Å². The molecule has 0 aliphatic rings. The molecule has 0 unspecified atom stereocenters. The van der Waals surface area contributed by atoms with E-state index in [2.05, 4.69) is 5.32 Å². The van der Waals surface area contributed by atoms with E-state index in [4.69, 9.17) is 5.14 Å². The zero-order valence-corrected chi connectivity index (χ0v) is 17.3. The predicted molar refractivity (Wildman–Crippen MR) is 111 cm³/mol. The second-order valence-corrected chi connectivity index (χ2v) is 8.69. The van der Waals surface area contributed by atoms with E-state index in [1.807, 2.05) is 0 Å². The van der Waals surface area contributed by atoms with Crippen molar-refractivity contribution in [1.29, 1.82) is 0 Å². The standard InChI is InChI=1S/C22H18F4N2O3S/c23-18-7-8-19(16-5-2-6-17(10-16)22(24,25)26)20(11-18)21(29)28-12-14-3-1-4-15(9-14)13-32(27,30)31/h1-11H,12-13H2,(H,28,29)(H2,27,30,31). The molecule has 3 rings (SSSR count). The van der Waals surface area contributed by atoms with Crippen molar-refractivity contribution in [3.05, 3.63) is 94.8 Å².